The van der Waals surface area contributed by atoms with E-state index in [4.69, 9.17) is 23.2 Å². The van der Waals surface area contributed by atoms with Gasteiger partial charge in [-0.05, 0) is 46.1 Å². The highest BCUT2D eigenvalue weighted by molar-refractivity contribution is 6.33. The average Bonchev–Trinajstić information content (AvgIpc) is 2.25. The van der Waals surface area contributed by atoms with Crippen molar-refractivity contribution in [3.05, 3.63) is 28.0 Å². The van der Waals surface area contributed by atoms with Gasteiger partial charge in [-0.1, -0.05) is 23.2 Å². The van der Waals surface area contributed by atoms with Crippen molar-refractivity contribution in [2.24, 2.45) is 0 Å². The molecule has 0 aliphatic carbocycles. The summed E-state index contributed by atoms with van der Waals surface area (Å²) in [6.45, 7) is 2.88. The zero-order valence-electron chi connectivity index (χ0n) is 10.7. The molecule has 4 nitrogen and oxygen atoms in total. The van der Waals surface area contributed by atoms with E-state index in [-0.39, 0.29) is 22.3 Å². The van der Waals surface area contributed by atoms with Gasteiger partial charge in [0.2, 0.25) is 0 Å². The standard InChI is InChI=1S/C12H17Cl2N3O/c1-8(4-5-17(2)3)15-12(18)9-6-10(13)16-11(14)7-9/h6-8H,4-5H2,1-3H3,(H,15,18). The molecule has 0 bridgehead atoms. The van der Waals surface area contributed by atoms with Gasteiger partial charge in [-0.25, -0.2) is 4.98 Å². The molecule has 1 rings (SSSR count). The van der Waals surface area contributed by atoms with Gasteiger partial charge in [0.05, 0.1) is 0 Å². The Morgan fingerprint density at radius 2 is 1.94 bits per heavy atom. The molecule has 0 fully saturated rings. The Hall–Kier alpha value is -0.840. The van der Waals surface area contributed by atoms with Crippen molar-refractivity contribution < 1.29 is 4.79 Å². The van der Waals surface area contributed by atoms with Crippen molar-refractivity contribution in [2.45, 2.75) is 19.4 Å². The number of amides is 1. The number of pyridine rings is 1. The lowest BCUT2D eigenvalue weighted by molar-refractivity contribution is 0.0936. The molecule has 0 aliphatic heterocycles. The summed E-state index contributed by atoms with van der Waals surface area (Å²) < 4.78 is 0. The molecular weight excluding hydrogens is 273 g/mol. The molecular formula is C12H17Cl2N3O. The molecule has 1 amide bonds. The monoisotopic (exact) mass is 289 g/mol. The van der Waals surface area contributed by atoms with Gasteiger partial charge in [0, 0.05) is 11.6 Å². The van der Waals surface area contributed by atoms with E-state index in [2.05, 4.69) is 15.2 Å². The van der Waals surface area contributed by atoms with E-state index in [0.29, 0.717) is 5.56 Å². The maximum Gasteiger partial charge on any atom is 0.251 e. The zero-order valence-corrected chi connectivity index (χ0v) is 12.2. The summed E-state index contributed by atoms with van der Waals surface area (Å²) in [6, 6.07) is 3.09. The average molecular weight is 290 g/mol. The number of aromatic nitrogens is 1. The number of halogens is 2. The number of hydrogen-bond acceptors (Lipinski definition) is 3. The molecule has 0 spiro atoms. The van der Waals surface area contributed by atoms with Crippen LogP contribution >= 0.6 is 23.2 Å². The Labute approximate surface area is 117 Å². The summed E-state index contributed by atoms with van der Waals surface area (Å²) in [7, 11) is 3.99. The summed E-state index contributed by atoms with van der Waals surface area (Å²) in [4.78, 5) is 17.8. The lowest BCUT2D eigenvalue weighted by Crippen LogP contribution is -2.34. The minimum atomic E-state index is -0.188. The van der Waals surface area contributed by atoms with Crippen molar-refractivity contribution >= 4 is 29.1 Å². The first-order chi connectivity index (χ1) is 8.38. The third kappa shape index (κ3) is 5.21. The Bertz CT molecular complexity index is 404. The molecule has 0 radical (unpaired) electrons. The molecule has 1 N–H and O–H groups in total. The minimum absolute atomic E-state index is 0.0885. The predicted octanol–water partition coefficient (Wildman–Crippen LogP) is 2.46. The Kier molecular flexibility index (Phi) is 5.85. The van der Waals surface area contributed by atoms with Gasteiger partial charge in [-0.3, -0.25) is 4.79 Å². The number of nitrogens with zero attached hydrogens (tertiary/aromatic N) is 2. The number of rotatable bonds is 5. The van der Waals surface area contributed by atoms with Crippen LogP contribution in [-0.2, 0) is 0 Å². The first-order valence-corrected chi connectivity index (χ1v) is 6.42. The summed E-state index contributed by atoms with van der Waals surface area (Å²) >= 11 is 11.5. The SMILES string of the molecule is CC(CCN(C)C)NC(=O)c1cc(Cl)nc(Cl)c1. The predicted molar refractivity (Wildman–Crippen MR) is 74.4 cm³/mol. The van der Waals surface area contributed by atoms with E-state index in [1.165, 1.54) is 12.1 Å². The maximum atomic E-state index is 11.9. The van der Waals surface area contributed by atoms with Gasteiger partial charge in [0.15, 0.2) is 0 Å². The van der Waals surface area contributed by atoms with E-state index in [0.717, 1.165) is 13.0 Å². The minimum Gasteiger partial charge on any atom is -0.350 e. The number of nitrogens with one attached hydrogen (secondary N) is 1. The molecule has 1 aromatic rings. The smallest absolute Gasteiger partial charge is 0.251 e. The third-order valence-corrected chi connectivity index (χ3v) is 2.80. The summed E-state index contributed by atoms with van der Waals surface area (Å²) in [5, 5.41) is 3.33. The maximum absolute atomic E-state index is 11.9. The zero-order chi connectivity index (χ0) is 13.7. The van der Waals surface area contributed by atoms with Crippen LogP contribution in [0.4, 0.5) is 0 Å². The second-order valence-corrected chi connectivity index (χ2v) is 5.24. The number of carbonyl (C=O) groups is 1. The van der Waals surface area contributed by atoms with Crippen LogP contribution < -0.4 is 5.32 Å². The fourth-order valence-electron chi connectivity index (χ4n) is 1.43. The van der Waals surface area contributed by atoms with Crippen LogP contribution in [0.2, 0.25) is 10.3 Å². The van der Waals surface area contributed by atoms with Gasteiger partial charge < -0.3 is 10.2 Å². The van der Waals surface area contributed by atoms with E-state index in [1.54, 1.807) is 0 Å². The van der Waals surface area contributed by atoms with Crippen LogP contribution in [0.3, 0.4) is 0 Å². The summed E-state index contributed by atoms with van der Waals surface area (Å²) in [6.07, 6.45) is 0.880. The Morgan fingerprint density at radius 1 is 1.39 bits per heavy atom. The van der Waals surface area contributed by atoms with E-state index in [9.17, 15) is 4.79 Å². The molecule has 1 unspecified atom stereocenters. The Morgan fingerprint density at radius 3 is 2.44 bits per heavy atom. The van der Waals surface area contributed by atoms with Crippen LogP contribution in [0.1, 0.15) is 23.7 Å². The second kappa shape index (κ2) is 6.92. The molecule has 0 saturated carbocycles. The molecule has 0 aromatic carbocycles. The highest BCUT2D eigenvalue weighted by atomic mass is 35.5. The Balaban J connectivity index is 2.59. The molecule has 18 heavy (non-hydrogen) atoms. The van der Waals surface area contributed by atoms with Crippen LogP contribution in [0.15, 0.2) is 12.1 Å². The van der Waals surface area contributed by atoms with Gasteiger partial charge in [-0.15, -0.1) is 0 Å². The first kappa shape index (κ1) is 15.2. The van der Waals surface area contributed by atoms with Crippen molar-refractivity contribution in [3.63, 3.8) is 0 Å². The number of carbonyl (C=O) groups excluding carboxylic acids is 1. The van der Waals surface area contributed by atoms with Crippen molar-refractivity contribution in [1.29, 1.82) is 0 Å². The molecule has 0 saturated heterocycles. The normalized spacial score (nSPS) is 12.6. The van der Waals surface area contributed by atoms with Crippen LogP contribution in [0.5, 0.6) is 0 Å². The molecule has 1 atom stereocenters. The fourth-order valence-corrected chi connectivity index (χ4v) is 1.89. The van der Waals surface area contributed by atoms with E-state index >= 15 is 0 Å². The molecule has 1 heterocycles. The molecule has 0 aliphatic rings. The highest BCUT2D eigenvalue weighted by Gasteiger charge is 2.11. The van der Waals surface area contributed by atoms with Crippen molar-refractivity contribution in [2.75, 3.05) is 20.6 Å². The van der Waals surface area contributed by atoms with Crippen LogP contribution in [0, 0.1) is 0 Å². The molecule has 6 heteroatoms. The fraction of sp³-hybridized carbons (Fsp3) is 0.500. The van der Waals surface area contributed by atoms with Crippen LogP contribution in [-0.4, -0.2) is 42.5 Å². The second-order valence-electron chi connectivity index (χ2n) is 4.47. The topological polar surface area (TPSA) is 45.2 Å². The largest absolute Gasteiger partial charge is 0.350 e. The lowest BCUT2D eigenvalue weighted by Gasteiger charge is -2.16. The first-order valence-electron chi connectivity index (χ1n) is 5.67. The van der Waals surface area contributed by atoms with E-state index in [1.807, 2.05) is 21.0 Å². The molecule has 100 valence electrons. The van der Waals surface area contributed by atoms with Crippen molar-refractivity contribution in [1.82, 2.24) is 15.2 Å². The lowest BCUT2D eigenvalue weighted by atomic mass is 10.2. The summed E-state index contributed by atoms with van der Waals surface area (Å²) in [5.74, 6) is -0.188. The number of hydrogen-bond donors (Lipinski definition) is 1. The molecule has 1 aromatic heterocycles. The quantitative estimate of drug-likeness (QED) is 0.847. The van der Waals surface area contributed by atoms with Gasteiger partial charge in [0.25, 0.3) is 5.91 Å². The van der Waals surface area contributed by atoms with Crippen molar-refractivity contribution in [3.8, 4) is 0 Å². The third-order valence-electron chi connectivity index (χ3n) is 2.41. The van der Waals surface area contributed by atoms with Crippen LogP contribution in [0.25, 0.3) is 0 Å². The summed E-state index contributed by atoms with van der Waals surface area (Å²) in [5.41, 5.74) is 0.428. The van der Waals surface area contributed by atoms with Gasteiger partial charge >= 0.3 is 0 Å². The van der Waals surface area contributed by atoms with Gasteiger partial charge in [0.1, 0.15) is 10.3 Å². The highest BCUT2D eigenvalue weighted by Crippen LogP contribution is 2.14. The van der Waals surface area contributed by atoms with Gasteiger partial charge in [-0.2, -0.15) is 0 Å². The van der Waals surface area contributed by atoms with E-state index < -0.39 is 0 Å².